The Hall–Kier alpha value is -3.65. The van der Waals surface area contributed by atoms with Gasteiger partial charge in [0.1, 0.15) is 18.1 Å². The minimum Gasteiger partial charge on any atom is -0.379 e. The number of benzene rings is 2. The third-order valence-electron chi connectivity index (χ3n) is 7.97. The Morgan fingerprint density at radius 3 is 2.47 bits per heavy atom. The number of thiophene rings is 1. The summed E-state index contributed by atoms with van der Waals surface area (Å²) in [6.07, 6.45) is 5.05. The van der Waals surface area contributed by atoms with Gasteiger partial charge in [0.2, 0.25) is 21.8 Å². The number of hydrogen-bond acceptors (Lipinski definition) is 8. The van der Waals surface area contributed by atoms with Crippen LogP contribution < -0.4 is 10.2 Å². The lowest BCUT2D eigenvalue weighted by atomic mass is 9.95. The maximum Gasteiger partial charge on any atom is 0.249 e. The van der Waals surface area contributed by atoms with Crippen molar-refractivity contribution in [1.29, 1.82) is 0 Å². The molecule has 4 aromatic rings. The highest BCUT2D eigenvalue weighted by atomic mass is 32.2. The van der Waals surface area contributed by atoms with E-state index in [1.165, 1.54) is 37.4 Å². The fourth-order valence-corrected chi connectivity index (χ4v) is 7.96. The fourth-order valence-electron chi connectivity index (χ4n) is 5.74. The third kappa shape index (κ3) is 6.35. The van der Waals surface area contributed by atoms with E-state index in [2.05, 4.69) is 15.6 Å². The summed E-state index contributed by atoms with van der Waals surface area (Å²) < 4.78 is 34.8. The van der Waals surface area contributed by atoms with Crippen molar-refractivity contribution in [2.24, 2.45) is 0 Å². The molecule has 2 amide bonds. The van der Waals surface area contributed by atoms with Crippen LogP contribution in [0.5, 0.6) is 0 Å². The predicted molar refractivity (Wildman–Crippen MR) is 163 cm³/mol. The molecule has 0 radical (unpaired) electrons. The maximum absolute atomic E-state index is 14.2. The van der Waals surface area contributed by atoms with Crippen LogP contribution >= 0.6 is 11.3 Å². The first-order valence-electron chi connectivity index (χ1n) is 14.5. The molecule has 13 heteroatoms. The number of ether oxygens (including phenoxy) is 1. The van der Waals surface area contributed by atoms with Crippen LogP contribution in [0.25, 0.3) is 11.0 Å². The maximum atomic E-state index is 14.2. The molecule has 43 heavy (non-hydrogen) atoms. The van der Waals surface area contributed by atoms with Crippen molar-refractivity contribution in [2.75, 3.05) is 31.2 Å². The molecule has 226 valence electrons. The van der Waals surface area contributed by atoms with Gasteiger partial charge in [0.05, 0.1) is 23.6 Å². The lowest BCUT2D eigenvalue weighted by molar-refractivity contribution is -0.127. The number of carbonyl (C=O) groups is 2. The SMILES string of the molecule is O=C(NC1CCCCC1)[C@@H](c1cccs1)N(C(=O)Cn1nnc2ccccc21)c1ccc(S(=O)(=O)N2CCOCC2)cc1. The molecule has 3 heterocycles. The van der Waals surface area contributed by atoms with Gasteiger partial charge in [0, 0.05) is 29.7 Å². The van der Waals surface area contributed by atoms with Crippen LogP contribution in [0.2, 0.25) is 0 Å². The molecule has 1 atom stereocenters. The number of nitrogens with one attached hydrogen (secondary N) is 1. The van der Waals surface area contributed by atoms with E-state index < -0.39 is 16.1 Å². The van der Waals surface area contributed by atoms with Gasteiger partial charge in [-0.3, -0.25) is 14.5 Å². The van der Waals surface area contributed by atoms with Crippen LogP contribution in [0.3, 0.4) is 0 Å². The number of amides is 2. The molecule has 0 spiro atoms. The first-order chi connectivity index (χ1) is 20.9. The second-order valence-electron chi connectivity index (χ2n) is 10.8. The summed E-state index contributed by atoms with van der Waals surface area (Å²) in [6.45, 7) is 1.09. The van der Waals surface area contributed by atoms with Crippen LogP contribution in [0.15, 0.2) is 70.9 Å². The zero-order valence-electron chi connectivity index (χ0n) is 23.7. The van der Waals surface area contributed by atoms with Gasteiger partial charge in [0.25, 0.3) is 0 Å². The number of sulfonamides is 1. The minimum atomic E-state index is -3.74. The smallest absolute Gasteiger partial charge is 0.249 e. The summed E-state index contributed by atoms with van der Waals surface area (Å²) in [4.78, 5) is 30.6. The number of nitrogens with zero attached hydrogens (tertiary/aromatic N) is 5. The number of rotatable bonds is 9. The first kappa shape index (κ1) is 29.4. The lowest BCUT2D eigenvalue weighted by Crippen LogP contribution is -2.48. The second-order valence-corrected chi connectivity index (χ2v) is 13.7. The summed E-state index contributed by atoms with van der Waals surface area (Å²) in [5.74, 6) is -0.646. The van der Waals surface area contributed by atoms with Crippen LogP contribution in [-0.2, 0) is 30.9 Å². The molecule has 1 aliphatic heterocycles. The predicted octanol–water partition coefficient (Wildman–Crippen LogP) is 3.74. The van der Waals surface area contributed by atoms with E-state index in [4.69, 9.17) is 4.74 Å². The Kier molecular flexibility index (Phi) is 8.84. The van der Waals surface area contributed by atoms with Gasteiger partial charge in [-0.2, -0.15) is 4.31 Å². The molecule has 1 saturated carbocycles. The van der Waals surface area contributed by atoms with Crippen molar-refractivity contribution in [3.05, 3.63) is 70.9 Å². The highest BCUT2D eigenvalue weighted by Crippen LogP contribution is 2.33. The summed E-state index contributed by atoms with van der Waals surface area (Å²) in [6, 6.07) is 16.3. The van der Waals surface area contributed by atoms with Gasteiger partial charge >= 0.3 is 0 Å². The van der Waals surface area contributed by atoms with E-state index in [9.17, 15) is 18.0 Å². The number of para-hydroxylation sites is 1. The topological polar surface area (TPSA) is 127 Å². The third-order valence-corrected chi connectivity index (χ3v) is 10.8. The zero-order valence-corrected chi connectivity index (χ0v) is 25.3. The molecule has 2 aromatic heterocycles. The first-order valence-corrected chi connectivity index (χ1v) is 16.9. The van der Waals surface area contributed by atoms with E-state index in [1.807, 2.05) is 41.8 Å². The highest BCUT2D eigenvalue weighted by molar-refractivity contribution is 7.89. The molecule has 1 aliphatic carbocycles. The van der Waals surface area contributed by atoms with E-state index in [-0.39, 0.29) is 42.4 Å². The Morgan fingerprint density at radius 2 is 1.74 bits per heavy atom. The zero-order chi connectivity index (χ0) is 29.8. The molecular formula is C30H34N6O5S2. The van der Waals surface area contributed by atoms with Gasteiger partial charge in [-0.25, -0.2) is 13.1 Å². The van der Waals surface area contributed by atoms with E-state index in [1.54, 1.807) is 12.1 Å². The quantitative estimate of drug-likeness (QED) is 0.301. The largest absolute Gasteiger partial charge is 0.379 e. The fraction of sp³-hybridized carbons (Fsp3) is 0.400. The molecule has 2 aliphatic rings. The monoisotopic (exact) mass is 622 g/mol. The van der Waals surface area contributed by atoms with Crippen molar-refractivity contribution >= 4 is 49.9 Å². The number of carbonyl (C=O) groups excluding carboxylic acids is 2. The summed E-state index contributed by atoms with van der Waals surface area (Å²) in [5, 5.41) is 13.5. The standard InChI is InChI=1S/C30H34N6O5S2/c37-28(21-35-26-10-5-4-9-25(26)32-33-35)36(23-12-14-24(15-13-23)43(39,40)34-16-18-41-19-17-34)29(27-11-6-20-42-27)30(38)31-22-7-2-1-3-8-22/h4-6,9-15,20,22,29H,1-3,7-8,16-19,21H2,(H,31,38)/t29-/m1/s1. The number of fused-ring (bicyclic) bond motifs is 1. The molecule has 0 bridgehead atoms. The van der Waals surface area contributed by atoms with Crippen molar-refractivity contribution < 1.29 is 22.7 Å². The van der Waals surface area contributed by atoms with Gasteiger partial charge in [-0.05, 0) is 60.7 Å². The van der Waals surface area contributed by atoms with E-state index in [0.29, 0.717) is 34.8 Å². The molecule has 2 aromatic carbocycles. The van der Waals surface area contributed by atoms with E-state index in [0.717, 1.165) is 32.1 Å². The molecule has 6 rings (SSSR count). The Labute approximate surface area is 254 Å². The molecule has 1 saturated heterocycles. The van der Waals surface area contributed by atoms with Gasteiger partial charge in [-0.1, -0.05) is 42.7 Å². The van der Waals surface area contributed by atoms with Crippen LogP contribution in [0.1, 0.15) is 43.0 Å². The van der Waals surface area contributed by atoms with Gasteiger partial charge in [-0.15, -0.1) is 16.4 Å². The van der Waals surface area contributed by atoms with Gasteiger partial charge in [0.15, 0.2) is 0 Å². The lowest BCUT2D eigenvalue weighted by Gasteiger charge is -2.33. The number of anilines is 1. The molecule has 2 fully saturated rings. The number of morpholine rings is 1. The highest BCUT2D eigenvalue weighted by Gasteiger charge is 2.36. The average molecular weight is 623 g/mol. The summed E-state index contributed by atoms with van der Waals surface area (Å²) in [7, 11) is -3.74. The van der Waals surface area contributed by atoms with Crippen molar-refractivity contribution in [1.82, 2.24) is 24.6 Å². The second kappa shape index (κ2) is 12.9. The Balaban J connectivity index is 1.37. The van der Waals surface area contributed by atoms with Crippen molar-refractivity contribution in [3.63, 3.8) is 0 Å². The number of aromatic nitrogens is 3. The molecule has 11 nitrogen and oxygen atoms in total. The Morgan fingerprint density at radius 1 is 1.00 bits per heavy atom. The molecule has 0 unspecified atom stereocenters. The summed E-state index contributed by atoms with van der Waals surface area (Å²) >= 11 is 1.39. The average Bonchev–Trinajstić information content (AvgIpc) is 3.71. The minimum absolute atomic E-state index is 0.0426. The van der Waals surface area contributed by atoms with Crippen LogP contribution in [0.4, 0.5) is 5.69 Å². The normalized spacial score (nSPS) is 17.5. The number of hydrogen-bond donors (Lipinski definition) is 1. The molecular weight excluding hydrogens is 589 g/mol. The molecule has 1 N–H and O–H groups in total. The van der Waals surface area contributed by atoms with E-state index >= 15 is 0 Å². The van der Waals surface area contributed by atoms with Gasteiger partial charge < -0.3 is 10.1 Å². The summed E-state index contributed by atoms with van der Waals surface area (Å²) in [5.41, 5.74) is 1.76. The van der Waals surface area contributed by atoms with Crippen LogP contribution in [0, 0.1) is 0 Å². The van der Waals surface area contributed by atoms with Crippen molar-refractivity contribution in [3.8, 4) is 0 Å². The Bertz CT molecular complexity index is 1660. The van der Waals surface area contributed by atoms with Crippen molar-refractivity contribution in [2.45, 2.75) is 55.6 Å². The van der Waals surface area contributed by atoms with Crippen LogP contribution in [-0.4, -0.2) is 71.9 Å².